The number of aliphatic hydroxyl groups excluding tert-OH is 2. The van der Waals surface area contributed by atoms with Crippen molar-refractivity contribution >= 4 is 5.91 Å². The number of benzene rings is 1. The van der Waals surface area contributed by atoms with Crippen molar-refractivity contribution in [3.63, 3.8) is 0 Å². The zero-order valence-electron chi connectivity index (χ0n) is 14.5. The van der Waals surface area contributed by atoms with Crippen molar-refractivity contribution in [3.05, 3.63) is 52.3 Å². The summed E-state index contributed by atoms with van der Waals surface area (Å²) in [5, 5.41) is 19.2. The maximum atomic E-state index is 12.6. The van der Waals surface area contributed by atoms with Crippen LogP contribution in [0.4, 0.5) is 0 Å². The van der Waals surface area contributed by atoms with E-state index in [1.165, 1.54) is 11.0 Å². The highest BCUT2D eigenvalue weighted by atomic mass is 16.5. The third-order valence-electron chi connectivity index (χ3n) is 4.78. The van der Waals surface area contributed by atoms with Gasteiger partial charge in [0.25, 0.3) is 11.5 Å². The molecule has 1 aliphatic rings. The van der Waals surface area contributed by atoms with Crippen LogP contribution in [0, 0.1) is 5.92 Å². The molecule has 2 aromatic rings. The number of aliphatic hydroxyl groups is 2. The third-order valence-corrected chi connectivity index (χ3v) is 4.78. The summed E-state index contributed by atoms with van der Waals surface area (Å²) in [6, 6.07) is 10.4. The average Bonchev–Trinajstić information content (AvgIpc) is 2.67. The predicted molar refractivity (Wildman–Crippen MR) is 96.2 cm³/mol. The number of H-pyrrole nitrogens is 1. The molecule has 0 spiro atoms. The van der Waals surface area contributed by atoms with Crippen molar-refractivity contribution in [2.75, 3.05) is 26.8 Å². The fraction of sp³-hybridized carbons (Fsp3) is 0.368. The highest BCUT2D eigenvalue weighted by molar-refractivity contribution is 5.94. The highest BCUT2D eigenvalue weighted by Gasteiger charge is 2.30. The quantitative estimate of drug-likeness (QED) is 0.752. The Hall–Kier alpha value is -2.64. The molecule has 0 aliphatic carbocycles. The van der Waals surface area contributed by atoms with Gasteiger partial charge in [-0.15, -0.1) is 0 Å². The molecule has 1 saturated heterocycles. The van der Waals surface area contributed by atoms with E-state index >= 15 is 0 Å². The SMILES string of the molecule is COc1ccc(-c2ccc(C(=O)N3CC[C@H](CO)[C@@H](O)C3)c(=O)[nH]2)cc1. The minimum atomic E-state index is -0.782. The van der Waals surface area contributed by atoms with Gasteiger partial charge in [0.05, 0.1) is 13.2 Å². The van der Waals surface area contributed by atoms with E-state index in [9.17, 15) is 19.8 Å². The summed E-state index contributed by atoms with van der Waals surface area (Å²) < 4.78 is 5.11. The van der Waals surface area contributed by atoms with Crippen LogP contribution in [0.5, 0.6) is 5.75 Å². The fourth-order valence-electron chi connectivity index (χ4n) is 3.13. The normalized spacial score (nSPS) is 20.0. The number of carbonyl (C=O) groups is 1. The monoisotopic (exact) mass is 358 g/mol. The van der Waals surface area contributed by atoms with Crippen molar-refractivity contribution in [1.29, 1.82) is 0 Å². The lowest BCUT2D eigenvalue weighted by molar-refractivity contribution is 0.000807. The van der Waals surface area contributed by atoms with E-state index in [-0.39, 0.29) is 24.6 Å². The zero-order chi connectivity index (χ0) is 18.7. The molecule has 0 unspecified atom stereocenters. The van der Waals surface area contributed by atoms with Crippen LogP contribution in [0.1, 0.15) is 16.8 Å². The first-order valence-electron chi connectivity index (χ1n) is 8.49. The number of aromatic nitrogens is 1. The highest BCUT2D eigenvalue weighted by Crippen LogP contribution is 2.21. The van der Waals surface area contributed by atoms with Gasteiger partial charge >= 0.3 is 0 Å². The van der Waals surface area contributed by atoms with E-state index in [1.807, 2.05) is 12.1 Å². The van der Waals surface area contributed by atoms with Gasteiger partial charge < -0.3 is 24.8 Å². The van der Waals surface area contributed by atoms with Gasteiger partial charge in [-0.25, -0.2) is 0 Å². The molecule has 2 atom stereocenters. The van der Waals surface area contributed by atoms with Crippen LogP contribution in [-0.2, 0) is 0 Å². The molecule has 7 heteroatoms. The molecule has 1 aromatic heterocycles. The van der Waals surface area contributed by atoms with Crippen molar-refractivity contribution in [2.45, 2.75) is 12.5 Å². The first-order valence-corrected chi connectivity index (χ1v) is 8.49. The molecule has 3 rings (SSSR count). The summed E-state index contributed by atoms with van der Waals surface area (Å²) in [7, 11) is 1.58. The van der Waals surface area contributed by atoms with Gasteiger partial charge in [0.2, 0.25) is 0 Å². The average molecular weight is 358 g/mol. The smallest absolute Gasteiger partial charge is 0.261 e. The number of nitrogens with zero attached hydrogens (tertiary/aromatic N) is 1. The van der Waals surface area contributed by atoms with Crippen LogP contribution in [0.3, 0.4) is 0 Å². The molecule has 1 aromatic carbocycles. The third kappa shape index (κ3) is 3.63. The van der Waals surface area contributed by atoms with E-state index in [4.69, 9.17) is 4.74 Å². The molecule has 0 radical (unpaired) electrons. The van der Waals surface area contributed by atoms with Gasteiger partial charge in [-0.3, -0.25) is 9.59 Å². The molecule has 0 saturated carbocycles. The van der Waals surface area contributed by atoms with E-state index < -0.39 is 17.6 Å². The minimum absolute atomic E-state index is 0.0388. The molecule has 2 heterocycles. The summed E-state index contributed by atoms with van der Waals surface area (Å²) in [5.74, 6) is 0.0745. The molecule has 7 nitrogen and oxygen atoms in total. The summed E-state index contributed by atoms with van der Waals surface area (Å²) in [4.78, 5) is 29.2. The number of piperidine rings is 1. The number of likely N-dealkylation sites (tertiary alicyclic amines) is 1. The van der Waals surface area contributed by atoms with Crippen LogP contribution in [-0.4, -0.2) is 58.9 Å². The Bertz CT molecular complexity index is 831. The number of aromatic amines is 1. The zero-order valence-corrected chi connectivity index (χ0v) is 14.5. The van der Waals surface area contributed by atoms with Crippen LogP contribution < -0.4 is 10.3 Å². The number of β-amino-alcohol motifs (C(OH)–C–C–N with tert-alkyl or cyclic N) is 1. The van der Waals surface area contributed by atoms with Crippen molar-refractivity contribution in [2.24, 2.45) is 5.92 Å². The molecule has 3 N–H and O–H groups in total. The number of pyridine rings is 1. The largest absolute Gasteiger partial charge is 0.497 e. The Labute approximate surface area is 150 Å². The molecule has 1 fully saturated rings. The van der Waals surface area contributed by atoms with Gasteiger partial charge in [0, 0.05) is 31.3 Å². The molecular formula is C19H22N2O5. The Morgan fingerprint density at radius 2 is 2.00 bits per heavy atom. The lowest BCUT2D eigenvalue weighted by Crippen LogP contribution is -2.48. The molecular weight excluding hydrogens is 336 g/mol. The topological polar surface area (TPSA) is 103 Å². The summed E-state index contributed by atoms with van der Waals surface area (Å²) in [5.41, 5.74) is 0.980. The first-order chi connectivity index (χ1) is 12.5. The summed E-state index contributed by atoms with van der Waals surface area (Å²) in [6.45, 7) is 0.408. The maximum Gasteiger partial charge on any atom is 0.261 e. The van der Waals surface area contributed by atoms with Crippen LogP contribution in [0.15, 0.2) is 41.2 Å². The number of nitrogens with one attached hydrogen (secondary N) is 1. The molecule has 26 heavy (non-hydrogen) atoms. The van der Waals surface area contributed by atoms with Crippen molar-refractivity contribution < 1.29 is 19.7 Å². The number of hydrogen-bond donors (Lipinski definition) is 3. The molecule has 0 bridgehead atoms. The fourth-order valence-corrected chi connectivity index (χ4v) is 3.13. The molecule has 138 valence electrons. The van der Waals surface area contributed by atoms with Crippen molar-refractivity contribution in [1.82, 2.24) is 9.88 Å². The number of methoxy groups -OCH3 is 1. The van der Waals surface area contributed by atoms with Gasteiger partial charge in [-0.2, -0.15) is 0 Å². The number of ether oxygens (including phenoxy) is 1. The summed E-state index contributed by atoms with van der Waals surface area (Å²) in [6.07, 6.45) is -0.277. The second kappa shape index (κ2) is 7.72. The first kappa shape index (κ1) is 18.2. The maximum absolute atomic E-state index is 12.6. The van der Waals surface area contributed by atoms with Gasteiger partial charge in [-0.1, -0.05) is 0 Å². The second-order valence-corrected chi connectivity index (χ2v) is 6.39. The van der Waals surface area contributed by atoms with E-state index in [1.54, 1.807) is 25.3 Å². The molecule has 1 aliphatic heterocycles. The molecule has 1 amide bonds. The van der Waals surface area contributed by atoms with Gasteiger partial charge in [-0.05, 0) is 48.4 Å². The van der Waals surface area contributed by atoms with E-state index in [0.717, 1.165) is 5.56 Å². The van der Waals surface area contributed by atoms with Crippen LogP contribution in [0.2, 0.25) is 0 Å². The number of rotatable bonds is 4. The lowest BCUT2D eigenvalue weighted by atomic mass is 9.94. The van der Waals surface area contributed by atoms with Crippen LogP contribution >= 0.6 is 0 Å². The van der Waals surface area contributed by atoms with Gasteiger partial charge in [0.1, 0.15) is 11.3 Å². The second-order valence-electron chi connectivity index (χ2n) is 6.39. The summed E-state index contributed by atoms with van der Waals surface area (Å²) >= 11 is 0. The Morgan fingerprint density at radius 1 is 1.27 bits per heavy atom. The lowest BCUT2D eigenvalue weighted by Gasteiger charge is -2.35. The Kier molecular flexibility index (Phi) is 5.39. The van der Waals surface area contributed by atoms with E-state index in [0.29, 0.717) is 24.4 Å². The van der Waals surface area contributed by atoms with Gasteiger partial charge in [0.15, 0.2) is 0 Å². The van der Waals surface area contributed by atoms with E-state index in [2.05, 4.69) is 4.98 Å². The predicted octanol–water partition coefficient (Wildman–Crippen LogP) is 0.866. The van der Waals surface area contributed by atoms with Crippen LogP contribution in [0.25, 0.3) is 11.3 Å². The Morgan fingerprint density at radius 3 is 2.58 bits per heavy atom. The number of hydrogen-bond acceptors (Lipinski definition) is 5. The standard InChI is InChI=1S/C19H22N2O5/c1-26-14-4-2-12(3-5-14)16-7-6-15(18(24)20-16)19(25)21-9-8-13(11-22)17(23)10-21/h2-7,13,17,22-23H,8-11H2,1H3,(H,20,24)/t13-,17+/m1/s1. The minimum Gasteiger partial charge on any atom is -0.497 e. The number of amides is 1. The Balaban J connectivity index is 1.79. The number of carbonyl (C=O) groups excluding carboxylic acids is 1. The van der Waals surface area contributed by atoms with Crippen molar-refractivity contribution in [3.8, 4) is 17.0 Å².